The summed E-state index contributed by atoms with van der Waals surface area (Å²) in [6.07, 6.45) is 1.61. The van der Waals surface area contributed by atoms with Crippen molar-refractivity contribution >= 4 is 40.8 Å². The lowest BCUT2D eigenvalue weighted by Gasteiger charge is -2.05. The molecule has 0 aliphatic rings. The van der Waals surface area contributed by atoms with Crippen molar-refractivity contribution in [3.05, 3.63) is 69.2 Å². The first-order chi connectivity index (χ1) is 9.47. The van der Waals surface area contributed by atoms with Gasteiger partial charge in [0.2, 0.25) is 0 Å². The quantitative estimate of drug-likeness (QED) is 0.645. The van der Waals surface area contributed by atoms with E-state index in [2.05, 4.69) is 0 Å². The number of carbonyl (C=O) groups is 1. The Balaban J connectivity index is 2.48. The predicted molar refractivity (Wildman–Crippen MR) is 83.1 cm³/mol. The second-order valence-electron chi connectivity index (χ2n) is 4.40. The van der Waals surface area contributed by atoms with Crippen molar-refractivity contribution in [3.8, 4) is 0 Å². The Morgan fingerprint density at radius 3 is 2.25 bits per heavy atom. The van der Waals surface area contributed by atoms with Crippen LogP contribution in [-0.4, -0.2) is 11.1 Å². The normalized spacial score (nSPS) is 11.4. The number of hydrogen-bond acceptors (Lipinski definition) is 1. The van der Waals surface area contributed by atoms with E-state index in [1.807, 2.05) is 31.2 Å². The van der Waals surface area contributed by atoms with E-state index in [1.54, 1.807) is 24.3 Å². The smallest absolute Gasteiger partial charge is 0.336 e. The number of hydrogen-bond donors (Lipinski definition) is 1. The first-order valence-electron chi connectivity index (χ1n) is 5.94. The molecular formula is C16H12Cl2O2. The summed E-state index contributed by atoms with van der Waals surface area (Å²) in [7, 11) is 0. The second kappa shape index (κ2) is 6.12. The van der Waals surface area contributed by atoms with Crippen LogP contribution in [0.1, 0.15) is 16.7 Å². The molecule has 1 N–H and O–H groups in total. The highest BCUT2D eigenvalue weighted by atomic mass is 35.5. The van der Waals surface area contributed by atoms with E-state index in [9.17, 15) is 9.90 Å². The summed E-state index contributed by atoms with van der Waals surface area (Å²) >= 11 is 11.8. The van der Waals surface area contributed by atoms with Gasteiger partial charge in [-0.05, 0) is 36.3 Å². The molecule has 20 heavy (non-hydrogen) atoms. The van der Waals surface area contributed by atoms with Gasteiger partial charge in [-0.25, -0.2) is 4.79 Å². The largest absolute Gasteiger partial charge is 0.478 e. The molecule has 2 rings (SSSR count). The van der Waals surface area contributed by atoms with Crippen LogP contribution in [0.2, 0.25) is 10.0 Å². The molecule has 0 aliphatic carbocycles. The lowest BCUT2D eigenvalue weighted by atomic mass is 10.0. The summed E-state index contributed by atoms with van der Waals surface area (Å²) in [6, 6.07) is 12.4. The van der Waals surface area contributed by atoms with E-state index in [0.29, 0.717) is 15.6 Å². The molecule has 0 unspecified atom stereocenters. The SMILES string of the molecule is Cc1ccc(/C=C(\C(=O)O)c2ccc(Cl)c(Cl)c2)cc1. The van der Waals surface area contributed by atoms with Crippen molar-refractivity contribution in [3.63, 3.8) is 0 Å². The molecule has 4 heteroatoms. The molecular weight excluding hydrogens is 295 g/mol. The average Bonchev–Trinajstić information content (AvgIpc) is 2.41. The number of carboxylic acid groups (broad SMARTS) is 1. The van der Waals surface area contributed by atoms with Gasteiger partial charge in [0.25, 0.3) is 0 Å². The van der Waals surface area contributed by atoms with Crippen molar-refractivity contribution in [1.29, 1.82) is 0 Å². The van der Waals surface area contributed by atoms with Gasteiger partial charge in [0.05, 0.1) is 15.6 Å². The van der Waals surface area contributed by atoms with E-state index in [4.69, 9.17) is 23.2 Å². The van der Waals surface area contributed by atoms with Crippen molar-refractivity contribution in [2.45, 2.75) is 6.92 Å². The van der Waals surface area contributed by atoms with Gasteiger partial charge in [-0.2, -0.15) is 0 Å². The van der Waals surface area contributed by atoms with Crippen molar-refractivity contribution in [2.24, 2.45) is 0 Å². The zero-order valence-corrected chi connectivity index (χ0v) is 12.2. The standard InChI is InChI=1S/C16H12Cl2O2/c1-10-2-4-11(5-3-10)8-13(16(19)20)12-6-7-14(17)15(18)9-12/h2-9H,1H3,(H,19,20)/b13-8-. The molecule has 0 spiro atoms. The fraction of sp³-hybridized carbons (Fsp3) is 0.0625. The number of rotatable bonds is 3. The third kappa shape index (κ3) is 3.41. The molecule has 2 aromatic rings. The fourth-order valence-electron chi connectivity index (χ4n) is 1.76. The molecule has 0 heterocycles. The van der Waals surface area contributed by atoms with E-state index in [1.165, 1.54) is 0 Å². The molecule has 0 bridgehead atoms. The monoisotopic (exact) mass is 306 g/mol. The molecule has 0 atom stereocenters. The van der Waals surface area contributed by atoms with Crippen LogP contribution in [0.5, 0.6) is 0 Å². The van der Waals surface area contributed by atoms with Crippen molar-refractivity contribution < 1.29 is 9.90 Å². The Labute approximate surface area is 127 Å². The predicted octanol–water partition coefficient (Wildman–Crippen LogP) is 4.93. The number of benzene rings is 2. The number of carboxylic acids is 1. The maximum atomic E-state index is 11.4. The molecule has 0 aliphatic heterocycles. The Kier molecular flexibility index (Phi) is 4.48. The Morgan fingerprint density at radius 1 is 1.05 bits per heavy atom. The van der Waals surface area contributed by atoms with Crippen LogP contribution in [0, 0.1) is 6.92 Å². The topological polar surface area (TPSA) is 37.3 Å². The molecule has 0 fully saturated rings. The van der Waals surface area contributed by atoms with Crippen molar-refractivity contribution in [2.75, 3.05) is 0 Å². The number of aliphatic carboxylic acids is 1. The lowest BCUT2D eigenvalue weighted by molar-refractivity contribution is -0.130. The van der Waals surface area contributed by atoms with Gasteiger partial charge in [0.1, 0.15) is 0 Å². The Bertz CT molecular complexity index is 673. The molecule has 0 saturated heterocycles. The van der Waals surface area contributed by atoms with Crippen LogP contribution >= 0.6 is 23.2 Å². The first kappa shape index (κ1) is 14.6. The maximum absolute atomic E-state index is 11.4. The van der Waals surface area contributed by atoms with E-state index >= 15 is 0 Å². The van der Waals surface area contributed by atoms with Gasteiger partial charge in [-0.1, -0.05) is 59.1 Å². The summed E-state index contributed by atoms with van der Waals surface area (Å²) in [5.41, 5.74) is 2.63. The number of aryl methyl sites for hydroxylation is 1. The fourth-order valence-corrected chi connectivity index (χ4v) is 2.06. The highest BCUT2D eigenvalue weighted by Crippen LogP contribution is 2.27. The average molecular weight is 307 g/mol. The Hall–Kier alpha value is -1.77. The van der Waals surface area contributed by atoms with E-state index in [-0.39, 0.29) is 5.57 Å². The highest BCUT2D eigenvalue weighted by molar-refractivity contribution is 6.42. The zero-order valence-electron chi connectivity index (χ0n) is 10.7. The minimum Gasteiger partial charge on any atom is -0.478 e. The molecule has 0 amide bonds. The van der Waals surface area contributed by atoms with E-state index in [0.717, 1.165) is 11.1 Å². The van der Waals surface area contributed by atoms with Gasteiger partial charge >= 0.3 is 5.97 Å². The molecule has 2 nitrogen and oxygen atoms in total. The van der Waals surface area contributed by atoms with Gasteiger partial charge in [0, 0.05) is 0 Å². The highest BCUT2D eigenvalue weighted by Gasteiger charge is 2.12. The molecule has 0 aromatic heterocycles. The Morgan fingerprint density at radius 2 is 1.70 bits per heavy atom. The first-order valence-corrected chi connectivity index (χ1v) is 6.70. The lowest BCUT2D eigenvalue weighted by Crippen LogP contribution is -1.99. The van der Waals surface area contributed by atoms with Gasteiger partial charge in [-0.3, -0.25) is 0 Å². The van der Waals surface area contributed by atoms with Gasteiger partial charge < -0.3 is 5.11 Å². The molecule has 2 aromatic carbocycles. The number of halogens is 2. The van der Waals surface area contributed by atoms with Gasteiger partial charge in [-0.15, -0.1) is 0 Å². The maximum Gasteiger partial charge on any atom is 0.336 e. The third-order valence-corrected chi connectivity index (χ3v) is 3.59. The van der Waals surface area contributed by atoms with Crippen LogP contribution in [0.4, 0.5) is 0 Å². The second-order valence-corrected chi connectivity index (χ2v) is 5.22. The summed E-state index contributed by atoms with van der Waals surface area (Å²) in [4.78, 5) is 11.4. The van der Waals surface area contributed by atoms with Gasteiger partial charge in [0.15, 0.2) is 0 Å². The summed E-state index contributed by atoms with van der Waals surface area (Å²) in [6.45, 7) is 1.98. The van der Waals surface area contributed by atoms with Crippen LogP contribution in [0.3, 0.4) is 0 Å². The van der Waals surface area contributed by atoms with E-state index < -0.39 is 5.97 Å². The van der Waals surface area contributed by atoms with Crippen LogP contribution in [0.25, 0.3) is 11.6 Å². The molecule has 0 saturated carbocycles. The summed E-state index contributed by atoms with van der Waals surface area (Å²) in [5.74, 6) is -1.01. The van der Waals surface area contributed by atoms with Crippen LogP contribution in [0.15, 0.2) is 42.5 Å². The van der Waals surface area contributed by atoms with Crippen LogP contribution < -0.4 is 0 Å². The zero-order chi connectivity index (χ0) is 14.7. The summed E-state index contributed by atoms with van der Waals surface area (Å²) < 4.78 is 0. The minimum absolute atomic E-state index is 0.174. The molecule has 102 valence electrons. The summed E-state index contributed by atoms with van der Waals surface area (Å²) in [5, 5.41) is 10.1. The third-order valence-electron chi connectivity index (χ3n) is 2.85. The van der Waals surface area contributed by atoms with Crippen LogP contribution in [-0.2, 0) is 4.79 Å². The molecule has 0 radical (unpaired) electrons. The van der Waals surface area contributed by atoms with Crippen molar-refractivity contribution in [1.82, 2.24) is 0 Å². The minimum atomic E-state index is -1.01.